The van der Waals surface area contributed by atoms with Gasteiger partial charge in [0.1, 0.15) is 17.4 Å². The molecule has 3 rings (SSSR count). The van der Waals surface area contributed by atoms with Crippen LogP contribution in [0.2, 0.25) is 0 Å². The number of nitrogens with two attached hydrogens (primary N) is 1. The van der Waals surface area contributed by atoms with E-state index in [1.807, 2.05) is 19.9 Å². The second-order valence-corrected chi connectivity index (χ2v) is 7.73. The summed E-state index contributed by atoms with van der Waals surface area (Å²) in [5, 5.41) is 21.5. The molecule has 0 radical (unpaired) electrons. The zero-order chi connectivity index (χ0) is 21.5. The lowest BCUT2D eigenvalue weighted by atomic mass is 9.70. The smallest absolute Gasteiger partial charge is 0.277 e. The molecule has 0 unspecified atom stereocenters. The van der Waals surface area contributed by atoms with Crippen molar-refractivity contribution in [1.29, 1.82) is 5.26 Å². The van der Waals surface area contributed by atoms with E-state index in [4.69, 9.17) is 19.9 Å². The molecule has 1 aliphatic carbocycles. The molecule has 152 valence electrons. The van der Waals surface area contributed by atoms with Crippen LogP contribution in [0.1, 0.15) is 38.2 Å². The minimum absolute atomic E-state index is 0.0490. The molecule has 0 aromatic heterocycles. The summed E-state index contributed by atoms with van der Waals surface area (Å²) in [6, 6.07) is 4.58. The largest absolute Gasteiger partial charge is 0.493 e. The van der Waals surface area contributed by atoms with Crippen molar-refractivity contribution in [2.75, 3.05) is 14.2 Å². The van der Waals surface area contributed by atoms with Crippen LogP contribution in [0, 0.1) is 26.9 Å². The van der Waals surface area contributed by atoms with Crippen LogP contribution in [-0.4, -0.2) is 24.9 Å². The van der Waals surface area contributed by atoms with Gasteiger partial charge in [0.15, 0.2) is 17.3 Å². The van der Waals surface area contributed by atoms with Crippen molar-refractivity contribution < 1.29 is 23.9 Å². The highest BCUT2D eigenvalue weighted by atomic mass is 16.6. The molecule has 1 atom stereocenters. The lowest BCUT2D eigenvalue weighted by Gasteiger charge is -2.37. The number of hydrogen-bond donors (Lipinski definition) is 1. The molecule has 0 spiro atoms. The highest BCUT2D eigenvalue weighted by molar-refractivity contribution is 6.00. The number of nitriles is 1. The fourth-order valence-corrected chi connectivity index (χ4v) is 3.87. The van der Waals surface area contributed by atoms with Gasteiger partial charge in [-0.25, -0.2) is 0 Å². The summed E-state index contributed by atoms with van der Waals surface area (Å²) in [7, 11) is 2.76. The van der Waals surface area contributed by atoms with Gasteiger partial charge >= 0.3 is 0 Å². The number of hydrogen-bond acceptors (Lipinski definition) is 8. The lowest BCUT2D eigenvalue weighted by molar-refractivity contribution is -0.385. The standard InChI is InChI=1S/C20H21N3O6/c1-20(2)7-13(24)18-16(8-20)29-19(22)11(9-21)17(18)10-5-14(27-3)15(28-4)6-12(10)23(25)26/h5-6,17H,7-8,22H2,1-4H3/t17-/m1/s1. The SMILES string of the molecule is COc1cc([C@@H]2C(C#N)=C(N)OC3=C2C(=O)CC(C)(C)C3)c([N+](=O)[O-])cc1OC. The molecule has 29 heavy (non-hydrogen) atoms. The maximum Gasteiger partial charge on any atom is 0.277 e. The van der Waals surface area contributed by atoms with Gasteiger partial charge in [0.25, 0.3) is 5.69 Å². The first kappa shape index (κ1) is 20.2. The highest BCUT2D eigenvalue weighted by Gasteiger charge is 2.45. The number of nitro benzene ring substituents is 1. The van der Waals surface area contributed by atoms with E-state index in [9.17, 15) is 20.2 Å². The maximum atomic E-state index is 13.0. The van der Waals surface area contributed by atoms with Crippen LogP contribution < -0.4 is 15.2 Å². The van der Waals surface area contributed by atoms with Gasteiger partial charge in [-0.3, -0.25) is 14.9 Å². The fourth-order valence-electron chi connectivity index (χ4n) is 3.87. The van der Waals surface area contributed by atoms with Crippen LogP contribution in [0.15, 0.2) is 34.9 Å². The summed E-state index contributed by atoms with van der Waals surface area (Å²) in [6.07, 6.45) is 0.649. The minimum Gasteiger partial charge on any atom is -0.493 e. The van der Waals surface area contributed by atoms with Crippen molar-refractivity contribution >= 4 is 11.5 Å². The molecule has 9 nitrogen and oxygen atoms in total. The monoisotopic (exact) mass is 399 g/mol. The maximum absolute atomic E-state index is 13.0. The number of allylic oxidation sites excluding steroid dienone is 3. The van der Waals surface area contributed by atoms with E-state index in [1.54, 1.807) is 0 Å². The first-order valence-corrected chi connectivity index (χ1v) is 8.87. The predicted molar refractivity (Wildman–Crippen MR) is 102 cm³/mol. The Labute approximate surface area is 167 Å². The second-order valence-electron chi connectivity index (χ2n) is 7.73. The Bertz CT molecular complexity index is 1020. The van der Waals surface area contributed by atoms with E-state index in [-0.39, 0.29) is 57.4 Å². The normalized spacial score (nSPS) is 20.5. The molecule has 2 N–H and O–H groups in total. The van der Waals surface area contributed by atoms with Crippen molar-refractivity contribution in [3.8, 4) is 17.6 Å². The predicted octanol–water partition coefficient (Wildman–Crippen LogP) is 3.06. The molecule has 2 aliphatic rings. The van der Waals surface area contributed by atoms with Crippen molar-refractivity contribution in [2.24, 2.45) is 11.1 Å². The van der Waals surface area contributed by atoms with Gasteiger partial charge in [0.05, 0.1) is 31.1 Å². The molecule has 0 bridgehead atoms. The molecule has 0 amide bonds. The number of nitrogens with zero attached hydrogens (tertiary/aromatic N) is 2. The van der Waals surface area contributed by atoms with Crippen LogP contribution in [0.5, 0.6) is 11.5 Å². The summed E-state index contributed by atoms with van der Waals surface area (Å²) >= 11 is 0. The molecule has 0 saturated carbocycles. The van der Waals surface area contributed by atoms with Gasteiger partial charge in [-0.1, -0.05) is 13.8 Å². The Balaban J connectivity index is 2.33. The Morgan fingerprint density at radius 3 is 2.45 bits per heavy atom. The number of ketones is 1. The highest BCUT2D eigenvalue weighted by Crippen LogP contribution is 2.50. The van der Waals surface area contributed by atoms with Crippen LogP contribution in [-0.2, 0) is 9.53 Å². The third-order valence-electron chi connectivity index (χ3n) is 5.12. The van der Waals surface area contributed by atoms with E-state index in [2.05, 4.69) is 0 Å². The Morgan fingerprint density at radius 1 is 1.28 bits per heavy atom. The van der Waals surface area contributed by atoms with Crippen molar-refractivity contribution in [3.05, 3.63) is 50.6 Å². The van der Waals surface area contributed by atoms with E-state index in [1.165, 1.54) is 26.4 Å². The number of carbonyl (C=O) groups excluding carboxylic acids is 1. The number of benzene rings is 1. The molecular weight excluding hydrogens is 378 g/mol. The van der Waals surface area contributed by atoms with Crippen LogP contribution in [0.25, 0.3) is 0 Å². The van der Waals surface area contributed by atoms with E-state index < -0.39 is 10.8 Å². The van der Waals surface area contributed by atoms with Gasteiger partial charge in [-0.2, -0.15) is 5.26 Å². The average Bonchev–Trinajstić information content (AvgIpc) is 2.64. The molecule has 1 aromatic carbocycles. The van der Waals surface area contributed by atoms with Crippen LogP contribution in [0.4, 0.5) is 5.69 Å². The molecule has 0 saturated heterocycles. The summed E-state index contributed by atoms with van der Waals surface area (Å²) in [5.74, 6) is -0.669. The summed E-state index contributed by atoms with van der Waals surface area (Å²) in [4.78, 5) is 24.2. The Hall–Kier alpha value is -3.54. The van der Waals surface area contributed by atoms with Crippen LogP contribution in [0.3, 0.4) is 0 Å². The first-order valence-electron chi connectivity index (χ1n) is 8.87. The number of rotatable bonds is 4. The van der Waals surface area contributed by atoms with Gasteiger partial charge in [0.2, 0.25) is 5.88 Å². The summed E-state index contributed by atoms with van der Waals surface area (Å²) in [6.45, 7) is 3.84. The number of nitro groups is 1. The van der Waals surface area contributed by atoms with Crippen molar-refractivity contribution in [1.82, 2.24) is 0 Å². The Kier molecular flexibility index (Phi) is 4.96. The second kappa shape index (κ2) is 7.13. The topological polar surface area (TPSA) is 138 Å². The fraction of sp³-hybridized carbons (Fsp3) is 0.400. The quantitative estimate of drug-likeness (QED) is 0.602. The molecular formula is C20H21N3O6. The first-order chi connectivity index (χ1) is 13.6. The van der Waals surface area contributed by atoms with Crippen LogP contribution >= 0.6 is 0 Å². The number of Topliss-reactive ketones (excluding diaryl/α,β-unsaturated/α-hetero) is 1. The van der Waals surface area contributed by atoms with E-state index in [0.717, 1.165) is 0 Å². The average molecular weight is 399 g/mol. The molecule has 1 aliphatic heterocycles. The molecule has 1 heterocycles. The number of carbonyl (C=O) groups is 1. The zero-order valence-electron chi connectivity index (χ0n) is 16.6. The van der Waals surface area contributed by atoms with Crippen molar-refractivity contribution in [3.63, 3.8) is 0 Å². The minimum atomic E-state index is -1.02. The van der Waals surface area contributed by atoms with E-state index in [0.29, 0.717) is 12.2 Å². The molecule has 9 heteroatoms. The van der Waals surface area contributed by atoms with Gasteiger partial charge in [0, 0.05) is 24.0 Å². The molecule has 0 fully saturated rings. The lowest BCUT2D eigenvalue weighted by Crippen LogP contribution is -2.33. The van der Waals surface area contributed by atoms with Gasteiger partial charge < -0.3 is 19.9 Å². The van der Waals surface area contributed by atoms with Gasteiger partial charge in [-0.05, 0) is 11.5 Å². The molecule has 1 aromatic rings. The number of methoxy groups -OCH3 is 2. The van der Waals surface area contributed by atoms with Crippen molar-refractivity contribution in [2.45, 2.75) is 32.6 Å². The Morgan fingerprint density at radius 2 is 1.90 bits per heavy atom. The number of ether oxygens (including phenoxy) is 3. The van der Waals surface area contributed by atoms with E-state index >= 15 is 0 Å². The third-order valence-corrected chi connectivity index (χ3v) is 5.12. The third kappa shape index (κ3) is 3.38. The zero-order valence-corrected chi connectivity index (χ0v) is 16.6. The summed E-state index contributed by atoms with van der Waals surface area (Å²) in [5.41, 5.74) is 5.62. The van der Waals surface area contributed by atoms with Gasteiger partial charge in [-0.15, -0.1) is 0 Å². The summed E-state index contributed by atoms with van der Waals surface area (Å²) < 4.78 is 16.1.